The van der Waals surface area contributed by atoms with Crippen LogP contribution in [0.15, 0.2) is 42.5 Å². The SMILES string of the molecule is C=C(C)C1(C(CCN)C(=O)O)CCN(CCc2ccccc2)C1=O. The fourth-order valence-electron chi connectivity index (χ4n) is 3.69. The number of carbonyl (C=O) groups is 2. The zero-order valence-electron chi connectivity index (χ0n) is 14.2. The van der Waals surface area contributed by atoms with Crippen molar-refractivity contribution in [1.29, 1.82) is 0 Å². The Hall–Kier alpha value is -2.14. The lowest BCUT2D eigenvalue weighted by molar-refractivity contribution is -0.152. The summed E-state index contributed by atoms with van der Waals surface area (Å²) in [6.45, 7) is 7.09. The minimum absolute atomic E-state index is 0.119. The average Bonchev–Trinajstić information content (AvgIpc) is 2.89. The van der Waals surface area contributed by atoms with Crippen LogP contribution in [0.1, 0.15) is 25.3 Å². The minimum atomic E-state index is -1.03. The van der Waals surface area contributed by atoms with Crippen molar-refractivity contribution in [1.82, 2.24) is 4.90 Å². The third kappa shape index (κ3) is 3.36. The van der Waals surface area contributed by atoms with Crippen molar-refractivity contribution in [2.75, 3.05) is 19.6 Å². The third-order valence-electron chi connectivity index (χ3n) is 5.07. The number of aliphatic carboxylic acids is 1. The second kappa shape index (κ2) is 7.62. The monoisotopic (exact) mass is 330 g/mol. The molecular weight excluding hydrogens is 304 g/mol. The molecule has 1 saturated heterocycles. The van der Waals surface area contributed by atoms with Crippen LogP contribution in [-0.2, 0) is 16.0 Å². The Morgan fingerprint density at radius 2 is 2.08 bits per heavy atom. The molecule has 24 heavy (non-hydrogen) atoms. The van der Waals surface area contributed by atoms with Gasteiger partial charge in [-0.05, 0) is 38.3 Å². The molecule has 3 N–H and O–H groups in total. The lowest BCUT2D eigenvalue weighted by Crippen LogP contribution is -2.45. The van der Waals surface area contributed by atoms with E-state index in [0.29, 0.717) is 25.1 Å². The first kappa shape index (κ1) is 18.2. The van der Waals surface area contributed by atoms with Crippen LogP contribution < -0.4 is 5.73 Å². The number of nitrogens with zero attached hydrogens (tertiary/aromatic N) is 1. The number of likely N-dealkylation sites (tertiary alicyclic amines) is 1. The van der Waals surface area contributed by atoms with Crippen LogP contribution in [0.25, 0.3) is 0 Å². The van der Waals surface area contributed by atoms with E-state index < -0.39 is 17.3 Å². The summed E-state index contributed by atoms with van der Waals surface area (Å²) in [6, 6.07) is 9.96. The Labute approximate surface area is 143 Å². The van der Waals surface area contributed by atoms with Crippen molar-refractivity contribution in [3.8, 4) is 0 Å². The molecule has 5 heteroatoms. The highest BCUT2D eigenvalue weighted by molar-refractivity contribution is 5.92. The van der Waals surface area contributed by atoms with E-state index in [1.165, 1.54) is 0 Å². The van der Waals surface area contributed by atoms with Gasteiger partial charge in [0.1, 0.15) is 0 Å². The molecule has 1 heterocycles. The fraction of sp³-hybridized carbons (Fsp3) is 0.474. The summed E-state index contributed by atoms with van der Waals surface area (Å²) in [4.78, 5) is 26.6. The number of carboxylic acid groups (broad SMARTS) is 1. The number of hydrogen-bond acceptors (Lipinski definition) is 3. The molecule has 5 nitrogen and oxygen atoms in total. The van der Waals surface area contributed by atoms with Gasteiger partial charge >= 0.3 is 5.97 Å². The molecule has 0 spiro atoms. The Kier molecular flexibility index (Phi) is 5.78. The van der Waals surface area contributed by atoms with Gasteiger partial charge in [-0.1, -0.05) is 42.5 Å². The predicted molar refractivity (Wildman–Crippen MR) is 93.4 cm³/mol. The summed E-state index contributed by atoms with van der Waals surface area (Å²) < 4.78 is 0. The Morgan fingerprint density at radius 1 is 1.42 bits per heavy atom. The van der Waals surface area contributed by atoms with Crippen LogP contribution in [-0.4, -0.2) is 41.5 Å². The highest BCUT2D eigenvalue weighted by Gasteiger charge is 2.54. The number of benzene rings is 1. The molecule has 0 aromatic heterocycles. The molecule has 1 aliphatic heterocycles. The third-order valence-corrected chi connectivity index (χ3v) is 5.07. The van der Waals surface area contributed by atoms with E-state index in [0.717, 1.165) is 12.0 Å². The first-order valence-electron chi connectivity index (χ1n) is 8.35. The fourth-order valence-corrected chi connectivity index (χ4v) is 3.69. The average molecular weight is 330 g/mol. The van der Waals surface area contributed by atoms with Crippen LogP contribution in [0.3, 0.4) is 0 Å². The molecule has 1 aliphatic rings. The van der Waals surface area contributed by atoms with E-state index in [9.17, 15) is 14.7 Å². The van der Waals surface area contributed by atoms with Gasteiger partial charge in [0, 0.05) is 13.1 Å². The van der Waals surface area contributed by atoms with Crippen LogP contribution in [0, 0.1) is 11.3 Å². The topological polar surface area (TPSA) is 83.6 Å². The van der Waals surface area contributed by atoms with Gasteiger partial charge in [0.2, 0.25) is 5.91 Å². The van der Waals surface area contributed by atoms with Gasteiger partial charge in [-0.2, -0.15) is 0 Å². The van der Waals surface area contributed by atoms with E-state index in [2.05, 4.69) is 6.58 Å². The molecular formula is C19H26N2O3. The van der Waals surface area contributed by atoms with Crippen LogP contribution >= 0.6 is 0 Å². The molecule has 1 aromatic rings. The van der Waals surface area contributed by atoms with Gasteiger partial charge in [0.05, 0.1) is 11.3 Å². The number of rotatable bonds is 8. The first-order chi connectivity index (χ1) is 11.4. The van der Waals surface area contributed by atoms with Gasteiger partial charge in [-0.25, -0.2) is 0 Å². The predicted octanol–water partition coefficient (Wildman–Crippen LogP) is 2.07. The molecule has 130 valence electrons. The van der Waals surface area contributed by atoms with Gasteiger partial charge in [0.15, 0.2) is 0 Å². The lowest BCUT2D eigenvalue weighted by atomic mass is 9.68. The highest BCUT2D eigenvalue weighted by atomic mass is 16.4. The molecule has 0 bridgehead atoms. The van der Waals surface area contributed by atoms with E-state index in [4.69, 9.17) is 5.73 Å². The standard InChI is InChI=1S/C19H26N2O3/c1-14(2)19(16(8-11-20)17(22)23)10-13-21(18(19)24)12-9-15-6-4-3-5-7-15/h3-7,16H,1,8-13,20H2,2H3,(H,22,23). The van der Waals surface area contributed by atoms with Gasteiger partial charge in [-0.15, -0.1) is 0 Å². The van der Waals surface area contributed by atoms with Crippen molar-refractivity contribution in [3.05, 3.63) is 48.0 Å². The number of carbonyl (C=O) groups excluding carboxylic acids is 1. The van der Waals surface area contributed by atoms with E-state index in [1.807, 2.05) is 30.3 Å². The van der Waals surface area contributed by atoms with E-state index >= 15 is 0 Å². The molecule has 2 atom stereocenters. The molecule has 1 aromatic carbocycles. The van der Waals surface area contributed by atoms with Crippen molar-refractivity contribution in [2.24, 2.45) is 17.1 Å². The second-order valence-electron chi connectivity index (χ2n) is 6.50. The Morgan fingerprint density at radius 3 is 2.62 bits per heavy atom. The molecule has 2 unspecified atom stereocenters. The summed E-state index contributed by atoms with van der Waals surface area (Å²) in [5, 5.41) is 9.62. The summed E-state index contributed by atoms with van der Waals surface area (Å²) in [5.41, 5.74) is 6.35. The quantitative estimate of drug-likeness (QED) is 0.715. The summed E-state index contributed by atoms with van der Waals surface area (Å²) in [5.74, 6) is -1.90. The maximum atomic E-state index is 13.1. The van der Waals surface area contributed by atoms with Gasteiger partial charge in [-0.3, -0.25) is 9.59 Å². The highest BCUT2D eigenvalue weighted by Crippen LogP contribution is 2.46. The molecule has 0 saturated carbocycles. The Balaban J connectivity index is 2.18. The van der Waals surface area contributed by atoms with Crippen molar-refractivity contribution in [2.45, 2.75) is 26.2 Å². The van der Waals surface area contributed by atoms with Crippen LogP contribution in [0.4, 0.5) is 0 Å². The van der Waals surface area contributed by atoms with Gasteiger partial charge in [0.25, 0.3) is 0 Å². The zero-order valence-corrected chi connectivity index (χ0v) is 14.2. The lowest BCUT2D eigenvalue weighted by Gasteiger charge is -2.34. The normalized spacial score (nSPS) is 21.8. The van der Waals surface area contributed by atoms with Crippen LogP contribution in [0.5, 0.6) is 0 Å². The molecule has 0 radical (unpaired) electrons. The number of amides is 1. The number of carboxylic acids is 1. The Bertz CT molecular complexity index is 614. The second-order valence-corrected chi connectivity index (χ2v) is 6.50. The molecule has 1 fully saturated rings. The minimum Gasteiger partial charge on any atom is -0.481 e. The molecule has 1 amide bonds. The smallest absolute Gasteiger partial charge is 0.307 e. The first-order valence-corrected chi connectivity index (χ1v) is 8.35. The van der Waals surface area contributed by atoms with Crippen molar-refractivity contribution < 1.29 is 14.7 Å². The summed E-state index contributed by atoms with van der Waals surface area (Å²) in [6.07, 6.45) is 1.53. The van der Waals surface area contributed by atoms with Crippen LogP contribution in [0.2, 0.25) is 0 Å². The van der Waals surface area contributed by atoms with E-state index in [1.54, 1.807) is 11.8 Å². The molecule has 0 aliphatic carbocycles. The maximum absolute atomic E-state index is 13.1. The summed E-state index contributed by atoms with van der Waals surface area (Å²) >= 11 is 0. The largest absolute Gasteiger partial charge is 0.481 e. The number of nitrogens with two attached hydrogens (primary N) is 1. The molecule has 2 rings (SSSR count). The maximum Gasteiger partial charge on any atom is 0.307 e. The van der Waals surface area contributed by atoms with Crippen molar-refractivity contribution in [3.63, 3.8) is 0 Å². The summed E-state index contributed by atoms with van der Waals surface area (Å²) in [7, 11) is 0. The van der Waals surface area contributed by atoms with Crippen molar-refractivity contribution >= 4 is 11.9 Å². The van der Waals surface area contributed by atoms with E-state index in [-0.39, 0.29) is 18.9 Å². The number of hydrogen-bond donors (Lipinski definition) is 2. The van der Waals surface area contributed by atoms with Gasteiger partial charge < -0.3 is 15.7 Å². The zero-order chi connectivity index (χ0) is 17.7.